The van der Waals surface area contributed by atoms with E-state index in [1.807, 2.05) is 24.3 Å². The summed E-state index contributed by atoms with van der Waals surface area (Å²) in [5, 5.41) is 2.61. The fourth-order valence-corrected chi connectivity index (χ4v) is 3.77. The van der Waals surface area contributed by atoms with Crippen molar-refractivity contribution in [3.8, 4) is 0 Å². The molecule has 1 aliphatic heterocycles. The first-order valence-corrected chi connectivity index (χ1v) is 9.74. The monoisotopic (exact) mass is 401 g/mol. The lowest BCUT2D eigenvalue weighted by Crippen LogP contribution is -2.40. The molecule has 0 fully saturated rings. The summed E-state index contributed by atoms with van der Waals surface area (Å²) < 4.78 is 12.9. The van der Waals surface area contributed by atoms with E-state index in [2.05, 4.69) is 5.32 Å². The van der Waals surface area contributed by atoms with Crippen LogP contribution < -0.4 is 10.2 Å². The van der Waals surface area contributed by atoms with Gasteiger partial charge in [-0.1, -0.05) is 12.1 Å². The molecule has 0 spiro atoms. The van der Waals surface area contributed by atoms with Gasteiger partial charge in [0.15, 0.2) is 0 Å². The number of benzene rings is 2. The van der Waals surface area contributed by atoms with Gasteiger partial charge in [-0.2, -0.15) is 0 Å². The summed E-state index contributed by atoms with van der Waals surface area (Å²) in [4.78, 5) is 40.6. The zero-order valence-electron chi connectivity index (χ0n) is 15.4. The van der Waals surface area contributed by atoms with Crippen molar-refractivity contribution >= 4 is 40.9 Å². The molecular formula is C20H20FN3O3S. The second-order valence-corrected chi connectivity index (χ2v) is 7.37. The lowest BCUT2D eigenvalue weighted by Gasteiger charge is -2.29. The van der Waals surface area contributed by atoms with Gasteiger partial charge in [0.05, 0.1) is 18.0 Å². The van der Waals surface area contributed by atoms with E-state index < -0.39 is 5.82 Å². The first-order chi connectivity index (χ1) is 13.4. The highest BCUT2D eigenvalue weighted by molar-refractivity contribution is 8.00. The molecule has 2 aromatic rings. The van der Waals surface area contributed by atoms with E-state index in [0.717, 1.165) is 10.6 Å². The maximum atomic E-state index is 12.9. The quantitative estimate of drug-likeness (QED) is 0.808. The predicted octanol–water partition coefficient (Wildman–Crippen LogP) is 2.75. The van der Waals surface area contributed by atoms with Gasteiger partial charge in [0.25, 0.3) is 0 Å². The zero-order valence-corrected chi connectivity index (χ0v) is 16.2. The van der Waals surface area contributed by atoms with Crippen LogP contribution in [0.2, 0.25) is 0 Å². The van der Waals surface area contributed by atoms with E-state index in [0.29, 0.717) is 11.4 Å². The molecule has 1 heterocycles. The average Bonchev–Trinajstić information content (AvgIpc) is 2.68. The van der Waals surface area contributed by atoms with Gasteiger partial charge < -0.3 is 15.1 Å². The van der Waals surface area contributed by atoms with Crippen LogP contribution >= 0.6 is 11.8 Å². The van der Waals surface area contributed by atoms with Gasteiger partial charge in [0.2, 0.25) is 17.7 Å². The molecule has 0 unspecified atom stereocenters. The largest absolute Gasteiger partial charge is 0.336 e. The maximum Gasteiger partial charge on any atom is 0.243 e. The Labute approximate surface area is 166 Å². The first-order valence-electron chi connectivity index (χ1n) is 8.75. The van der Waals surface area contributed by atoms with Gasteiger partial charge in [0, 0.05) is 30.6 Å². The van der Waals surface area contributed by atoms with E-state index in [-0.39, 0.29) is 37.2 Å². The summed E-state index contributed by atoms with van der Waals surface area (Å²) in [6.07, 6.45) is 0.116. The maximum absolute atomic E-state index is 12.9. The Morgan fingerprint density at radius 1 is 1.18 bits per heavy atom. The fraction of sp³-hybridized carbons (Fsp3) is 0.250. The van der Waals surface area contributed by atoms with Crippen LogP contribution in [0.15, 0.2) is 53.4 Å². The minimum Gasteiger partial charge on any atom is -0.336 e. The van der Waals surface area contributed by atoms with E-state index in [4.69, 9.17) is 0 Å². The van der Waals surface area contributed by atoms with Crippen molar-refractivity contribution in [2.45, 2.75) is 11.3 Å². The SMILES string of the molecule is CN(CC(=O)Nc1ccc(F)cc1)C(=O)CCN1C(=O)CSc2ccccc21. The average molecular weight is 401 g/mol. The number of carbonyl (C=O) groups is 3. The zero-order chi connectivity index (χ0) is 20.1. The molecule has 1 N–H and O–H groups in total. The molecule has 0 atom stereocenters. The Hall–Kier alpha value is -2.87. The van der Waals surface area contributed by atoms with E-state index in [1.54, 1.807) is 4.90 Å². The van der Waals surface area contributed by atoms with E-state index >= 15 is 0 Å². The standard InChI is InChI=1S/C20H20FN3O3S/c1-23(12-18(25)22-15-8-6-14(21)7-9-15)19(26)10-11-24-16-4-2-3-5-17(16)28-13-20(24)27/h2-9H,10-13H2,1H3,(H,22,25). The summed E-state index contributed by atoms with van der Waals surface area (Å²) in [5.74, 6) is -0.692. The number of hydrogen-bond acceptors (Lipinski definition) is 4. The highest BCUT2D eigenvalue weighted by Crippen LogP contribution is 2.34. The number of halogens is 1. The molecule has 0 radical (unpaired) electrons. The number of hydrogen-bond donors (Lipinski definition) is 1. The molecule has 3 amide bonds. The Bertz CT molecular complexity index is 889. The third-order valence-electron chi connectivity index (χ3n) is 4.29. The molecule has 1 aliphatic rings. The molecule has 3 rings (SSSR count). The number of anilines is 2. The molecule has 0 saturated heterocycles. The minimum atomic E-state index is -0.391. The molecule has 2 aromatic carbocycles. The van der Waals surface area contributed by atoms with E-state index in [1.165, 1.54) is 48.0 Å². The molecule has 0 bridgehead atoms. The molecule has 0 aliphatic carbocycles. The highest BCUT2D eigenvalue weighted by atomic mass is 32.2. The summed E-state index contributed by atoms with van der Waals surface area (Å²) in [7, 11) is 1.54. The van der Waals surface area contributed by atoms with Crippen molar-refractivity contribution in [1.82, 2.24) is 4.90 Å². The molecule has 0 aromatic heterocycles. The number of fused-ring (bicyclic) bond motifs is 1. The van der Waals surface area contributed by atoms with Crippen molar-refractivity contribution in [2.75, 3.05) is 36.1 Å². The van der Waals surface area contributed by atoms with Gasteiger partial charge in [-0.05, 0) is 36.4 Å². The normalized spacial score (nSPS) is 13.1. The summed E-state index contributed by atoms with van der Waals surface area (Å²) in [6.45, 7) is 0.135. The summed E-state index contributed by atoms with van der Waals surface area (Å²) in [6, 6.07) is 13.0. The van der Waals surface area contributed by atoms with Crippen molar-refractivity contribution < 1.29 is 18.8 Å². The molecular weight excluding hydrogens is 381 g/mol. The van der Waals surface area contributed by atoms with Crippen LogP contribution in [0.1, 0.15) is 6.42 Å². The second-order valence-electron chi connectivity index (χ2n) is 6.36. The van der Waals surface area contributed by atoms with Crippen molar-refractivity contribution in [3.05, 3.63) is 54.3 Å². The highest BCUT2D eigenvalue weighted by Gasteiger charge is 2.25. The number of nitrogens with one attached hydrogen (secondary N) is 1. The van der Waals surface area contributed by atoms with Gasteiger partial charge in [-0.15, -0.1) is 11.8 Å². The Morgan fingerprint density at radius 2 is 1.89 bits per heavy atom. The van der Waals surface area contributed by atoms with Crippen LogP contribution in [0.25, 0.3) is 0 Å². The van der Waals surface area contributed by atoms with Gasteiger partial charge in [0.1, 0.15) is 5.82 Å². The van der Waals surface area contributed by atoms with Crippen LogP contribution in [-0.2, 0) is 14.4 Å². The molecule has 146 valence electrons. The number of carbonyl (C=O) groups excluding carboxylic acids is 3. The topological polar surface area (TPSA) is 69.7 Å². The predicted molar refractivity (Wildman–Crippen MR) is 107 cm³/mol. The van der Waals surface area contributed by atoms with Crippen LogP contribution in [0, 0.1) is 5.82 Å². The molecule has 8 heteroatoms. The molecule has 28 heavy (non-hydrogen) atoms. The van der Waals surface area contributed by atoms with Crippen molar-refractivity contribution in [3.63, 3.8) is 0 Å². The number of rotatable bonds is 6. The van der Waals surface area contributed by atoms with Crippen LogP contribution in [-0.4, -0.2) is 48.5 Å². The number of para-hydroxylation sites is 1. The molecule has 0 saturated carbocycles. The third-order valence-corrected chi connectivity index (χ3v) is 5.34. The number of likely N-dealkylation sites (N-methyl/N-ethyl adjacent to an activating group) is 1. The van der Waals surface area contributed by atoms with Gasteiger partial charge in [-0.25, -0.2) is 4.39 Å². The third kappa shape index (κ3) is 4.89. The Morgan fingerprint density at radius 3 is 2.64 bits per heavy atom. The summed E-state index contributed by atoms with van der Waals surface area (Å²) >= 11 is 1.49. The summed E-state index contributed by atoms with van der Waals surface area (Å²) in [5.41, 5.74) is 1.27. The lowest BCUT2D eigenvalue weighted by atomic mass is 10.2. The smallest absolute Gasteiger partial charge is 0.243 e. The van der Waals surface area contributed by atoms with Crippen molar-refractivity contribution in [2.24, 2.45) is 0 Å². The minimum absolute atomic E-state index is 0.0341. The van der Waals surface area contributed by atoms with Crippen LogP contribution in [0.5, 0.6) is 0 Å². The fourth-order valence-electron chi connectivity index (χ4n) is 2.83. The second kappa shape index (κ2) is 8.88. The van der Waals surface area contributed by atoms with Gasteiger partial charge >= 0.3 is 0 Å². The van der Waals surface area contributed by atoms with Crippen LogP contribution in [0.3, 0.4) is 0 Å². The first kappa shape index (κ1) is 19.9. The Kier molecular flexibility index (Phi) is 6.30. The van der Waals surface area contributed by atoms with E-state index in [9.17, 15) is 18.8 Å². The lowest BCUT2D eigenvalue weighted by molar-refractivity contribution is -0.133. The van der Waals surface area contributed by atoms with Gasteiger partial charge in [-0.3, -0.25) is 14.4 Å². The van der Waals surface area contributed by atoms with Crippen LogP contribution in [0.4, 0.5) is 15.8 Å². The number of thioether (sulfide) groups is 1. The number of nitrogens with zero attached hydrogens (tertiary/aromatic N) is 2. The van der Waals surface area contributed by atoms with Crippen molar-refractivity contribution in [1.29, 1.82) is 0 Å². The molecule has 6 nitrogen and oxygen atoms in total. The number of amides is 3. The Balaban J connectivity index is 1.52.